The van der Waals surface area contributed by atoms with Crippen LogP contribution in [0.25, 0.3) is 0 Å². The smallest absolute Gasteiger partial charge is 0.173 e. The van der Waals surface area contributed by atoms with E-state index in [0.29, 0.717) is 5.92 Å². The van der Waals surface area contributed by atoms with Crippen molar-refractivity contribution in [3.05, 3.63) is 71.5 Å². The number of aromatic nitrogens is 1. The van der Waals surface area contributed by atoms with Crippen molar-refractivity contribution in [1.82, 2.24) is 9.88 Å². The molecular formula is C20H22ClN3S. The highest BCUT2D eigenvalue weighted by atomic mass is 35.5. The Labute approximate surface area is 159 Å². The highest BCUT2D eigenvalue weighted by molar-refractivity contribution is 7.80. The number of hydrogen-bond acceptors (Lipinski definition) is 2. The van der Waals surface area contributed by atoms with E-state index in [0.717, 1.165) is 47.3 Å². The van der Waals surface area contributed by atoms with Crippen molar-refractivity contribution in [3.8, 4) is 0 Å². The molecule has 1 aliphatic rings. The lowest BCUT2D eigenvalue weighted by Gasteiger charge is -2.30. The molecule has 1 aromatic carbocycles. The second kappa shape index (κ2) is 8.97. The Balaban J connectivity index is 1.70. The molecule has 25 heavy (non-hydrogen) atoms. The Hall–Kier alpha value is -1.91. The van der Waals surface area contributed by atoms with Crippen LogP contribution in [0, 0.1) is 5.92 Å². The summed E-state index contributed by atoms with van der Waals surface area (Å²) >= 11 is 11.7. The maximum Gasteiger partial charge on any atom is 0.173 e. The third kappa shape index (κ3) is 5.55. The first-order chi connectivity index (χ1) is 12.2. The molecule has 1 unspecified atom stereocenters. The van der Waals surface area contributed by atoms with Gasteiger partial charge in [-0.15, -0.1) is 0 Å². The molecule has 0 aliphatic heterocycles. The van der Waals surface area contributed by atoms with Crippen molar-refractivity contribution in [2.45, 2.75) is 25.8 Å². The lowest BCUT2D eigenvalue weighted by Crippen LogP contribution is -2.38. The van der Waals surface area contributed by atoms with Crippen LogP contribution < -0.4 is 5.32 Å². The fourth-order valence-corrected chi connectivity index (χ4v) is 3.38. The van der Waals surface area contributed by atoms with Gasteiger partial charge < -0.3 is 10.2 Å². The molecule has 1 aromatic heterocycles. The predicted molar refractivity (Wildman–Crippen MR) is 109 cm³/mol. The van der Waals surface area contributed by atoms with Gasteiger partial charge in [-0.1, -0.05) is 29.8 Å². The van der Waals surface area contributed by atoms with Crippen LogP contribution in [0.5, 0.6) is 0 Å². The number of halogens is 1. The summed E-state index contributed by atoms with van der Waals surface area (Å²) in [5.41, 5.74) is 2.11. The molecule has 0 saturated heterocycles. The van der Waals surface area contributed by atoms with Crippen LogP contribution in [-0.2, 0) is 6.54 Å². The van der Waals surface area contributed by atoms with Crippen molar-refractivity contribution in [2.75, 3.05) is 11.9 Å². The van der Waals surface area contributed by atoms with Gasteiger partial charge in [0.2, 0.25) is 0 Å². The van der Waals surface area contributed by atoms with Gasteiger partial charge in [0, 0.05) is 36.2 Å². The SMILES string of the molecule is S=C(Nc1ccc(Cl)cc1)N(Cc1cccnc1)CC1CC=CCC1. The molecule has 0 radical (unpaired) electrons. The van der Waals surface area contributed by atoms with Crippen LogP contribution in [0.4, 0.5) is 5.69 Å². The quantitative estimate of drug-likeness (QED) is 0.571. The van der Waals surface area contributed by atoms with Gasteiger partial charge in [-0.05, 0) is 73.3 Å². The van der Waals surface area contributed by atoms with E-state index in [4.69, 9.17) is 23.8 Å². The average molecular weight is 372 g/mol. The number of rotatable bonds is 5. The van der Waals surface area contributed by atoms with Crippen LogP contribution in [0.1, 0.15) is 24.8 Å². The highest BCUT2D eigenvalue weighted by Gasteiger charge is 2.18. The minimum atomic E-state index is 0.631. The number of thiocarbonyl (C=S) groups is 1. The second-order valence-corrected chi connectivity index (χ2v) is 7.15. The van der Waals surface area contributed by atoms with Crippen molar-refractivity contribution < 1.29 is 0 Å². The van der Waals surface area contributed by atoms with Crippen molar-refractivity contribution >= 4 is 34.6 Å². The Morgan fingerprint density at radius 2 is 2.08 bits per heavy atom. The van der Waals surface area contributed by atoms with Crippen LogP contribution in [-0.4, -0.2) is 21.5 Å². The lowest BCUT2D eigenvalue weighted by molar-refractivity contribution is 0.319. The van der Waals surface area contributed by atoms with Crippen LogP contribution in [0.15, 0.2) is 60.9 Å². The van der Waals surface area contributed by atoms with Crippen LogP contribution in [0.2, 0.25) is 5.02 Å². The zero-order chi connectivity index (χ0) is 17.5. The fourth-order valence-electron chi connectivity index (χ4n) is 3.00. The summed E-state index contributed by atoms with van der Waals surface area (Å²) in [7, 11) is 0. The standard InChI is InChI=1S/C20H22ClN3S/c21-18-8-10-19(11-9-18)23-20(25)24(14-16-5-2-1-3-6-16)15-17-7-4-12-22-13-17/h1-2,4,7-13,16H,3,5-6,14-15H2,(H,23,25). The highest BCUT2D eigenvalue weighted by Crippen LogP contribution is 2.21. The predicted octanol–water partition coefficient (Wildman–Crippen LogP) is 5.29. The third-order valence-electron chi connectivity index (χ3n) is 4.34. The molecule has 3 nitrogen and oxygen atoms in total. The molecular weight excluding hydrogens is 350 g/mol. The lowest BCUT2D eigenvalue weighted by atomic mass is 9.94. The number of nitrogens with zero attached hydrogens (tertiary/aromatic N) is 2. The van der Waals surface area contributed by atoms with E-state index in [9.17, 15) is 0 Å². The number of pyridine rings is 1. The summed E-state index contributed by atoms with van der Waals surface area (Å²) in [6, 6.07) is 11.7. The van der Waals surface area contributed by atoms with Gasteiger partial charge >= 0.3 is 0 Å². The Kier molecular flexibility index (Phi) is 6.42. The summed E-state index contributed by atoms with van der Waals surface area (Å²) in [5, 5.41) is 4.80. The van der Waals surface area contributed by atoms with Crippen LogP contribution in [0.3, 0.4) is 0 Å². The van der Waals surface area contributed by atoms with E-state index in [1.807, 2.05) is 36.5 Å². The van der Waals surface area contributed by atoms with Crippen LogP contribution >= 0.6 is 23.8 Å². The fraction of sp³-hybridized carbons (Fsp3) is 0.300. The van der Waals surface area contributed by atoms with Crippen molar-refractivity contribution in [1.29, 1.82) is 0 Å². The molecule has 1 atom stereocenters. The van der Waals surface area contributed by atoms with Gasteiger partial charge in [-0.25, -0.2) is 0 Å². The third-order valence-corrected chi connectivity index (χ3v) is 4.95. The van der Waals surface area contributed by atoms with E-state index in [1.54, 1.807) is 6.20 Å². The molecule has 5 heteroatoms. The molecule has 130 valence electrons. The number of benzene rings is 1. The Bertz CT molecular complexity index is 715. The van der Waals surface area contributed by atoms with E-state index >= 15 is 0 Å². The minimum Gasteiger partial charge on any atom is -0.344 e. The van der Waals surface area contributed by atoms with E-state index in [2.05, 4.69) is 33.4 Å². The first-order valence-electron chi connectivity index (χ1n) is 8.56. The zero-order valence-corrected chi connectivity index (χ0v) is 15.6. The Morgan fingerprint density at radius 3 is 2.76 bits per heavy atom. The van der Waals surface area contributed by atoms with E-state index in [1.165, 1.54) is 6.42 Å². The minimum absolute atomic E-state index is 0.631. The summed E-state index contributed by atoms with van der Waals surface area (Å²) in [6.07, 6.45) is 11.7. The second-order valence-electron chi connectivity index (χ2n) is 6.33. The maximum absolute atomic E-state index is 5.96. The molecule has 3 rings (SSSR count). The van der Waals surface area contributed by atoms with Gasteiger partial charge in [0.05, 0.1) is 0 Å². The molecule has 0 fully saturated rings. The van der Waals surface area contributed by atoms with Gasteiger partial charge in [0.25, 0.3) is 0 Å². The Morgan fingerprint density at radius 1 is 1.24 bits per heavy atom. The molecule has 2 aromatic rings. The van der Waals surface area contributed by atoms with E-state index < -0.39 is 0 Å². The molecule has 1 heterocycles. The summed E-state index contributed by atoms with van der Waals surface area (Å²) in [4.78, 5) is 6.46. The largest absolute Gasteiger partial charge is 0.344 e. The van der Waals surface area contributed by atoms with Crippen molar-refractivity contribution in [3.63, 3.8) is 0 Å². The number of nitrogens with one attached hydrogen (secondary N) is 1. The van der Waals surface area contributed by atoms with Gasteiger partial charge in [0.1, 0.15) is 0 Å². The van der Waals surface area contributed by atoms with Gasteiger partial charge in [0.15, 0.2) is 5.11 Å². The van der Waals surface area contributed by atoms with Gasteiger partial charge in [-0.3, -0.25) is 4.98 Å². The van der Waals surface area contributed by atoms with E-state index in [-0.39, 0.29) is 0 Å². The molecule has 0 amide bonds. The number of hydrogen-bond donors (Lipinski definition) is 1. The first-order valence-corrected chi connectivity index (χ1v) is 9.35. The number of anilines is 1. The molecule has 1 N–H and O–H groups in total. The summed E-state index contributed by atoms with van der Waals surface area (Å²) < 4.78 is 0. The molecule has 0 spiro atoms. The normalized spacial score (nSPS) is 16.4. The van der Waals surface area contributed by atoms with Crippen molar-refractivity contribution in [2.24, 2.45) is 5.92 Å². The molecule has 1 aliphatic carbocycles. The molecule has 0 saturated carbocycles. The number of allylic oxidation sites excluding steroid dienone is 2. The van der Waals surface area contributed by atoms with Gasteiger partial charge in [-0.2, -0.15) is 0 Å². The maximum atomic E-state index is 5.96. The summed E-state index contributed by atoms with van der Waals surface area (Å²) in [5.74, 6) is 0.631. The average Bonchev–Trinajstić information content (AvgIpc) is 2.65. The first kappa shape index (κ1) is 17.9. The summed E-state index contributed by atoms with van der Waals surface area (Å²) in [6.45, 7) is 1.70. The zero-order valence-electron chi connectivity index (χ0n) is 14.1. The molecule has 0 bridgehead atoms. The topological polar surface area (TPSA) is 28.2 Å². The monoisotopic (exact) mass is 371 g/mol.